The van der Waals surface area contributed by atoms with Crippen LogP contribution in [0.15, 0.2) is 35.7 Å². The highest BCUT2D eigenvalue weighted by atomic mass is 32.1. The van der Waals surface area contributed by atoms with Gasteiger partial charge in [0.1, 0.15) is 0 Å². The number of amides is 2. The number of carbonyl (C=O) groups excluding carboxylic acids is 2. The van der Waals surface area contributed by atoms with E-state index in [0.717, 1.165) is 13.0 Å². The van der Waals surface area contributed by atoms with Gasteiger partial charge in [0.25, 0.3) is 0 Å². The number of rotatable bonds is 3. The molecule has 2 aliphatic rings. The predicted octanol–water partition coefficient (Wildman–Crippen LogP) is 3.08. The van der Waals surface area contributed by atoms with Gasteiger partial charge in [0, 0.05) is 44.5 Å². The third-order valence-electron chi connectivity index (χ3n) is 6.38. The maximum Gasteiger partial charge on any atom is 0.239 e. The molecule has 29 heavy (non-hydrogen) atoms. The molecule has 5 nitrogen and oxygen atoms in total. The Morgan fingerprint density at radius 2 is 1.69 bits per heavy atom. The monoisotopic (exact) mass is 411 g/mol. The van der Waals surface area contributed by atoms with Gasteiger partial charge in [-0.1, -0.05) is 24.3 Å². The Balaban J connectivity index is 1.58. The van der Waals surface area contributed by atoms with Crippen molar-refractivity contribution in [3.63, 3.8) is 0 Å². The number of hydrogen-bond donors (Lipinski definition) is 0. The fraction of sp³-hybridized carbons (Fsp3) is 0.478. The van der Waals surface area contributed by atoms with Crippen LogP contribution in [-0.4, -0.2) is 65.3 Å². The minimum absolute atomic E-state index is 0.0887. The molecule has 0 spiro atoms. The van der Waals surface area contributed by atoms with Crippen LogP contribution in [0.4, 0.5) is 0 Å². The summed E-state index contributed by atoms with van der Waals surface area (Å²) in [6, 6.07) is 10.7. The fourth-order valence-corrected chi connectivity index (χ4v) is 5.54. The quantitative estimate of drug-likeness (QED) is 0.780. The van der Waals surface area contributed by atoms with Crippen molar-refractivity contribution < 1.29 is 9.59 Å². The summed E-state index contributed by atoms with van der Waals surface area (Å²) in [5.41, 5.74) is 3.89. The first-order chi connectivity index (χ1) is 14.0. The topological polar surface area (TPSA) is 43.9 Å². The van der Waals surface area contributed by atoms with Gasteiger partial charge in [0.05, 0.1) is 12.1 Å². The van der Waals surface area contributed by atoms with E-state index in [1.165, 1.54) is 21.6 Å². The van der Waals surface area contributed by atoms with Gasteiger partial charge in [0.2, 0.25) is 11.8 Å². The highest BCUT2D eigenvalue weighted by Gasteiger charge is 2.37. The Morgan fingerprint density at radius 3 is 2.38 bits per heavy atom. The molecule has 2 atom stereocenters. The largest absolute Gasteiger partial charge is 0.339 e. The molecule has 154 valence electrons. The Hall–Kier alpha value is -2.18. The van der Waals surface area contributed by atoms with Crippen molar-refractivity contribution in [1.29, 1.82) is 0 Å². The fourth-order valence-electron chi connectivity index (χ4n) is 4.64. The second kappa shape index (κ2) is 8.28. The van der Waals surface area contributed by atoms with Crippen molar-refractivity contribution in [2.24, 2.45) is 0 Å². The normalized spacial score (nSPS) is 21.0. The van der Waals surface area contributed by atoms with Crippen LogP contribution in [0, 0.1) is 6.92 Å². The Labute approximate surface area is 176 Å². The molecule has 0 unspecified atom stereocenters. The van der Waals surface area contributed by atoms with Gasteiger partial charge in [-0.25, -0.2) is 0 Å². The van der Waals surface area contributed by atoms with Crippen LogP contribution in [-0.2, 0) is 16.0 Å². The molecule has 0 saturated carbocycles. The van der Waals surface area contributed by atoms with Crippen LogP contribution < -0.4 is 0 Å². The minimum Gasteiger partial charge on any atom is -0.339 e. The highest BCUT2D eigenvalue weighted by molar-refractivity contribution is 7.10. The predicted molar refractivity (Wildman–Crippen MR) is 116 cm³/mol. The molecule has 2 aromatic rings. The van der Waals surface area contributed by atoms with Crippen LogP contribution in [0.2, 0.25) is 0 Å². The number of piperazine rings is 1. The maximum atomic E-state index is 13.4. The second-order valence-corrected chi connectivity index (χ2v) is 9.05. The van der Waals surface area contributed by atoms with Gasteiger partial charge in [-0.3, -0.25) is 14.5 Å². The van der Waals surface area contributed by atoms with Gasteiger partial charge in [0.15, 0.2) is 0 Å². The second-order valence-electron chi connectivity index (χ2n) is 8.05. The van der Waals surface area contributed by atoms with Gasteiger partial charge >= 0.3 is 0 Å². The minimum atomic E-state index is -0.198. The molecule has 0 bridgehead atoms. The van der Waals surface area contributed by atoms with Crippen molar-refractivity contribution in [3.8, 4) is 0 Å². The Kier molecular flexibility index (Phi) is 5.74. The van der Waals surface area contributed by atoms with E-state index in [0.29, 0.717) is 26.2 Å². The third-order valence-corrected chi connectivity index (χ3v) is 7.37. The molecule has 0 N–H and O–H groups in total. The summed E-state index contributed by atoms with van der Waals surface area (Å²) in [6.45, 7) is 9.17. The molecule has 1 fully saturated rings. The first-order valence-electron chi connectivity index (χ1n) is 10.4. The van der Waals surface area contributed by atoms with Crippen molar-refractivity contribution in [1.82, 2.24) is 14.7 Å². The summed E-state index contributed by atoms with van der Waals surface area (Å²) in [5, 5.41) is 2.17. The zero-order valence-corrected chi connectivity index (χ0v) is 18.2. The molecule has 0 aliphatic carbocycles. The van der Waals surface area contributed by atoms with Crippen LogP contribution in [0.1, 0.15) is 41.5 Å². The van der Waals surface area contributed by atoms with Crippen LogP contribution in [0.3, 0.4) is 0 Å². The van der Waals surface area contributed by atoms with Crippen molar-refractivity contribution in [3.05, 3.63) is 57.3 Å². The maximum absolute atomic E-state index is 13.4. The molecular formula is C23H29N3O2S. The van der Waals surface area contributed by atoms with Crippen molar-refractivity contribution in [2.75, 3.05) is 32.7 Å². The first kappa shape index (κ1) is 20.1. The summed E-state index contributed by atoms with van der Waals surface area (Å²) < 4.78 is 0. The Morgan fingerprint density at radius 1 is 1.00 bits per heavy atom. The van der Waals surface area contributed by atoms with Crippen LogP contribution in [0.5, 0.6) is 0 Å². The summed E-state index contributed by atoms with van der Waals surface area (Å²) in [7, 11) is 0. The zero-order chi connectivity index (χ0) is 20.5. The summed E-state index contributed by atoms with van der Waals surface area (Å²) >= 11 is 1.82. The smallest absolute Gasteiger partial charge is 0.239 e. The number of benzene rings is 1. The van der Waals surface area contributed by atoms with E-state index in [1.807, 2.05) is 28.1 Å². The van der Waals surface area contributed by atoms with Crippen molar-refractivity contribution >= 4 is 23.2 Å². The lowest BCUT2D eigenvalue weighted by Gasteiger charge is -2.43. The van der Waals surface area contributed by atoms with E-state index in [9.17, 15) is 9.59 Å². The summed E-state index contributed by atoms with van der Waals surface area (Å²) in [6.07, 6.45) is 0.991. The van der Waals surface area contributed by atoms with Gasteiger partial charge < -0.3 is 9.80 Å². The molecule has 4 rings (SSSR count). The van der Waals surface area contributed by atoms with Crippen LogP contribution >= 0.6 is 11.3 Å². The number of carbonyl (C=O) groups is 2. The number of nitrogens with zero attached hydrogens (tertiary/aromatic N) is 3. The SMILES string of the molecule is CC(=O)N1CCN(C(=O)[C@@H](C)N2CCc3sccc3[C@@H]2c2ccccc2C)CC1. The molecule has 2 aliphatic heterocycles. The first-order valence-corrected chi connectivity index (χ1v) is 11.3. The molecule has 3 heterocycles. The molecule has 1 aromatic carbocycles. The van der Waals surface area contributed by atoms with E-state index >= 15 is 0 Å². The molecule has 1 aromatic heterocycles. The molecule has 2 amide bonds. The highest BCUT2D eigenvalue weighted by Crippen LogP contribution is 2.40. The molecule has 0 radical (unpaired) electrons. The zero-order valence-electron chi connectivity index (χ0n) is 17.4. The molecular weight excluding hydrogens is 382 g/mol. The van der Waals surface area contributed by atoms with E-state index in [-0.39, 0.29) is 23.9 Å². The number of aryl methyl sites for hydroxylation is 1. The van der Waals surface area contributed by atoms with E-state index < -0.39 is 0 Å². The summed E-state index contributed by atoms with van der Waals surface area (Å²) in [5.74, 6) is 0.260. The standard InChI is InChI=1S/C23H29N3O2S/c1-16-6-4-5-7-19(16)22-20-9-15-29-21(20)8-10-26(22)17(2)23(28)25-13-11-24(12-14-25)18(3)27/h4-7,9,15,17,22H,8,10-14H2,1-3H3/t17-,22+/m1/s1. The number of fused-ring (bicyclic) bond motifs is 1. The van der Waals surface area contributed by atoms with Crippen molar-refractivity contribution in [2.45, 2.75) is 39.3 Å². The Bertz CT molecular complexity index is 901. The average Bonchev–Trinajstić information content (AvgIpc) is 3.21. The molecule has 1 saturated heterocycles. The summed E-state index contributed by atoms with van der Waals surface area (Å²) in [4.78, 5) is 32.5. The van der Waals surface area contributed by atoms with E-state index in [4.69, 9.17) is 0 Å². The average molecular weight is 412 g/mol. The lowest BCUT2D eigenvalue weighted by atomic mass is 9.89. The lowest BCUT2D eigenvalue weighted by molar-refractivity contribution is -0.142. The van der Waals surface area contributed by atoms with Gasteiger partial charge in [-0.15, -0.1) is 11.3 Å². The molecule has 6 heteroatoms. The third kappa shape index (κ3) is 3.83. The van der Waals surface area contributed by atoms with Gasteiger partial charge in [-0.05, 0) is 48.4 Å². The van der Waals surface area contributed by atoms with E-state index in [2.05, 4.69) is 47.5 Å². The van der Waals surface area contributed by atoms with Crippen LogP contribution in [0.25, 0.3) is 0 Å². The van der Waals surface area contributed by atoms with E-state index in [1.54, 1.807) is 6.92 Å². The van der Waals surface area contributed by atoms with Gasteiger partial charge in [-0.2, -0.15) is 0 Å². The number of thiophene rings is 1. The lowest BCUT2D eigenvalue weighted by Crippen LogP contribution is -2.56. The number of hydrogen-bond acceptors (Lipinski definition) is 4.